The van der Waals surface area contributed by atoms with Crippen LogP contribution in [0.2, 0.25) is 5.15 Å². The minimum atomic E-state index is -0.161. The van der Waals surface area contributed by atoms with Crippen molar-refractivity contribution in [3.8, 4) is 0 Å². The quantitative estimate of drug-likeness (QED) is 0.613. The van der Waals surface area contributed by atoms with Gasteiger partial charge >= 0.3 is 0 Å². The van der Waals surface area contributed by atoms with Crippen LogP contribution in [0.1, 0.15) is 23.8 Å². The smallest absolute Gasteiger partial charge is 0.204 e. The Morgan fingerprint density at radius 3 is 2.80 bits per heavy atom. The molecule has 4 nitrogen and oxygen atoms in total. The standard InChI is InChI=1S/C5H5ClN2O2/c1-2-3(9)4-5(6)8-10-7-4/h2H2,1H3. The number of Topliss-reactive ketones (excluding diaryl/α,β-unsaturated/α-hetero) is 1. The highest BCUT2D eigenvalue weighted by atomic mass is 35.5. The highest BCUT2D eigenvalue weighted by Crippen LogP contribution is 2.10. The van der Waals surface area contributed by atoms with E-state index < -0.39 is 0 Å². The van der Waals surface area contributed by atoms with Crippen LogP contribution in [0.15, 0.2) is 4.63 Å². The first-order valence-corrected chi connectivity index (χ1v) is 3.14. The lowest BCUT2D eigenvalue weighted by Gasteiger charge is -1.85. The number of ketones is 1. The molecule has 0 saturated carbocycles. The summed E-state index contributed by atoms with van der Waals surface area (Å²) in [6, 6.07) is 0. The van der Waals surface area contributed by atoms with Crippen LogP contribution in [0.25, 0.3) is 0 Å². The van der Waals surface area contributed by atoms with Crippen LogP contribution in [0.4, 0.5) is 0 Å². The Morgan fingerprint density at radius 2 is 2.40 bits per heavy atom. The number of carbonyl (C=O) groups excluding carboxylic acids is 1. The number of halogens is 1. The van der Waals surface area contributed by atoms with Crippen LogP contribution >= 0.6 is 11.6 Å². The molecule has 1 heterocycles. The van der Waals surface area contributed by atoms with E-state index in [0.717, 1.165) is 0 Å². The Labute approximate surface area is 62.1 Å². The number of aromatic nitrogens is 2. The molecular formula is C5H5ClN2O2. The second-order valence-electron chi connectivity index (χ2n) is 1.68. The molecule has 0 aliphatic rings. The van der Waals surface area contributed by atoms with Crippen molar-refractivity contribution in [2.45, 2.75) is 13.3 Å². The fourth-order valence-electron chi connectivity index (χ4n) is 0.511. The van der Waals surface area contributed by atoms with Gasteiger partial charge in [-0.25, -0.2) is 4.63 Å². The predicted octanol–water partition coefficient (Wildman–Crippen LogP) is 1.32. The van der Waals surface area contributed by atoms with Crippen LogP contribution in [-0.2, 0) is 0 Å². The highest BCUT2D eigenvalue weighted by molar-refractivity contribution is 6.32. The molecule has 0 aliphatic heterocycles. The molecule has 1 aromatic rings. The van der Waals surface area contributed by atoms with Gasteiger partial charge in [0.25, 0.3) is 0 Å². The zero-order valence-corrected chi connectivity index (χ0v) is 6.05. The van der Waals surface area contributed by atoms with Gasteiger partial charge in [0, 0.05) is 6.42 Å². The number of hydrogen-bond donors (Lipinski definition) is 0. The van der Waals surface area contributed by atoms with Gasteiger partial charge in [0.2, 0.25) is 5.15 Å². The predicted molar refractivity (Wildman–Crippen MR) is 33.9 cm³/mol. The van der Waals surface area contributed by atoms with Crippen LogP contribution in [0.5, 0.6) is 0 Å². The fourth-order valence-corrected chi connectivity index (χ4v) is 0.682. The second-order valence-corrected chi connectivity index (χ2v) is 2.04. The maximum atomic E-state index is 10.8. The van der Waals surface area contributed by atoms with Gasteiger partial charge in [-0.3, -0.25) is 4.79 Å². The molecule has 0 bridgehead atoms. The average molecular weight is 161 g/mol. The molecule has 1 aromatic heterocycles. The molecule has 0 unspecified atom stereocenters. The minimum Gasteiger partial charge on any atom is -0.292 e. The molecule has 5 heteroatoms. The van der Waals surface area contributed by atoms with E-state index in [9.17, 15) is 4.79 Å². The van der Waals surface area contributed by atoms with E-state index in [-0.39, 0.29) is 16.6 Å². The van der Waals surface area contributed by atoms with E-state index in [2.05, 4.69) is 14.9 Å². The van der Waals surface area contributed by atoms with Crippen molar-refractivity contribution in [2.24, 2.45) is 0 Å². The summed E-state index contributed by atoms with van der Waals surface area (Å²) in [5, 5.41) is 6.60. The molecule has 10 heavy (non-hydrogen) atoms. The molecule has 1 rings (SSSR count). The first kappa shape index (κ1) is 7.21. The van der Waals surface area contributed by atoms with Gasteiger partial charge in [0.15, 0.2) is 11.5 Å². The number of nitrogens with zero attached hydrogens (tertiary/aromatic N) is 2. The zero-order chi connectivity index (χ0) is 7.56. The third kappa shape index (κ3) is 1.16. The summed E-state index contributed by atoms with van der Waals surface area (Å²) in [6.07, 6.45) is 0.355. The van der Waals surface area contributed by atoms with Crippen molar-refractivity contribution in [3.63, 3.8) is 0 Å². The van der Waals surface area contributed by atoms with Gasteiger partial charge in [0.1, 0.15) is 0 Å². The molecule has 0 radical (unpaired) electrons. The van der Waals surface area contributed by atoms with E-state index in [1.807, 2.05) is 0 Å². The van der Waals surface area contributed by atoms with Crippen LogP contribution in [-0.4, -0.2) is 16.1 Å². The average Bonchev–Trinajstić information content (AvgIpc) is 2.34. The molecule has 54 valence electrons. The van der Waals surface area contributed by atoms with Gasteiger partial charge in [-0.2, -0.15) is 0 Å². The lowest BCUT2D eigenvalue weighted by Crippen LogP contribution is -1.96. The monoisotopic (exact) mass is 160 g/mol. The summed E-state index contributed by atoms with van der Waals surface area (Å²) < 4.78 is 4.22. The molecule has 0 aromatic carbocycles. The van der Waals surface area contributed by atoms with Gasteiger partial charge in [-0.1, -0.05) is 18.5 Å². The Morgan fingerprint density at radius 1 is 1.70 bits per heavy atom. The molecule has 0 amide bonds. The molecule has 0 fully saturated rings. The molecule has 0 N–H and O–H groups in total. The highest BCUT2D eigenvalue weighted by Gasteiger charge is 2.13. The van der Waals surface area contributed by atoms with Gasteiger partial charge in [-0.05, 0) is 10.3 Å². The summed E-state index contributed by atoms with van der Waals surface area (Å²) in [4.78, 5) is 10.8. The third-order valence-corrected chi connectivity index (χ3v) is 1.28. The Kier molecular flexibility index (Phi) is 2.01. The van der Waals surface area contributed by atoms with Crippen molar-refractivity contribution >= 4 is 17.4 Å². The van der Waals surface area contributed by atoms with Crippen LogP contribution < -0.4 is 0 Å². The largest absolute Gasteiger partial charge is 0.292 e. The number of hydrogen-bond acceptors (Lipinski definition) is 4. The topological polar surface area (TPSA) is 56.0 Å². The van der Waals surface area contributed by atoms with Gasteiger partial charge in [0.05, 0.1) is 0 Å². The first-order chi connectivity index (χ1) is 4.75. The lowest BCUT2D eigenvalue weighted by atomic mass is 10.2. The van der Waals surface area contributed by atoms with Crippen molar-refractivity contribution < 1.29 is 9.42 Å². The maximum Gasteiger partial charge on any atom is 0.204 e. The Bertz CT molecular complexity index is 246. The lowest BCUT2D eigenvalue weighted by molar-refractivity contribution is 0.0978. The summed E-state index contributed by atoms with van der Waals surface area (Å²) in [5.74, 6) is -0.161. The first-order valence-electron chi connectivity index (χ1n) is 2.77. The van der Waals surface area contributed by atoms with E-state index in [4.69, 9.17) is 11.6 Å². The fraction of sp³-hybridized carbons (Fsp3) is 0.400. The van der Waals surface area contributed by atoms with Gasteiger partial charge < -0.3 is 0 Å². The molecule has 0 spiro atoms. The zero-order valence-electron chi connectivity index (χ0n) is 5.30. The van der Waals surface area contributed by atoms with Crippen molar-refractivity contribution in [3.05, 3.63) is 10.8 Å². The molecular weight excluding hydrogens is 156 g/mol. The van der Waals surface area contributed by atoms with Crippen molar-refractivity contribution in [1.29, 1.82) is 0 Å². The van der Waals surface area contributed by atoms with Crippen LogP contribution in [0.3, 0.4) is 0 Å². The van der Waals surface area contributed by atoms with E-state index in [1.54, 1.807) is 6.92 Å². The van der Waals surface area contributed by atoms with Gasteiger partial charge in [-0.15, -0.1) is 0 Å². The minimum absolute atomic E-state index is 0.0341. The summed E-state index contributed by atoms with van der Waals surface area (Å²) >= 11 is 5.43. The van der Waals surface area contributed by atoms with E-state index in [0.29, 0.717) is 6.42 Å². The Hall–Kier alpha value is -0.900. The van der Waals surface area contributed by atoms with E-state index >= 15 is 0 Å². The summed E-state index contributed by atoms with van der Waals surface area (Å²) in [7, 11) is 0. The number of carbonyl (C=O) groups is 1. The number of rotatable bonds is 2. The third-order valence-electron chi connectivity index (χ3n) is 1.03. The summed E-state index contributed by atoms with van der Waals surface area (Å²) in [6.45, 7) is 1.72. The molecule has 0 aliphatic carbocycles. The normalized spacial score (nSPS) is 9.80. The molecule has 0 atom stereocenters. The second kappa shape index (κ2) is 2.79. The summed E-state index contributed by atoms with van der Waals surface area (Å²) in [5.41, 5.74) is 0.115. The SMILES string of the molecule is CCC(=O)c1nonc1Cl. The Balaban J connectivity index is 2.93. The maximum absolute atomic E-state index is 10.8. The van der Waals surface area contributed by atoms with Crippen molar-refractivity contribution in [2.75, 3.05) is 0 Å². The van der Waals surface area contributed by atoms with E-state index in [1.165, 1.54) is 0 Å². The van der Waals surface area contributed by atoms with Crippen molar-refractivity contribution in [1.82, 2.24) is 10.3 Å². The van der Waals surface area contributed by atoms with Crippen LogP contribution in [0, 0.1) is 0 Å². The molecule has 0 saturated heterocycles.